The largest absolute Gasteiger partial charge is 0.508 e. The zero-order valence-corrected chi connectivity index (χ0v) is 10.6. The molecule has 4 nitrogen and oxygen atoms in total. The third kappa shape index (κ3) is 4.24. The summed E-state index contributed by atoms with van der Waals surface area (Å²) in [7, 11) is 0. The fourth-order valence-electron chi connectivity index (χ4n) is 1.54. The molecule has 0 aliphatic rings. The van der Waals surface area contributed by atoms with E-state index >= 15 is 0 Å². The van der Waals surface area contributed by atoms with Gasteiger partial charge in [-0.1, -0.05) is 0 Å². The first-order valence-corrected chi connectivity index (χ1v) is 5.72. The lowest BCUT2D eigenvalue weighted by molar-refractivity contribution is 0.130. The number of rotatable bonds is 4. The van der Waals surface area contributed by atoms with Crippen LogP contribution in [0.25, 0.3) is 0 Å². The highest BCUT2D eigenvalue weighted by Gasteiger charge is 2.15. The van der Waals surface area contributed by atoms with Crippen LogP contribution in [0.15, 0.2) is 18.2 Å². The predicted molar refractivity (Wildman–Crippen MR) is 67.1 cm³/mol. The number of aliphatic hydroxyl groups excluding tert-OH is 1. The van der Waals surface area contributed by atoms with Gasteiger partial charge >= 0.3 is 0 Å². The fourth-order valence-corrected chi connectivity index (χ4v) is 1.54. The molecule has 1 aromatic carbocycles. The van der Waals surface area contributed by atoms with Crippen molar-refractivity contribution in [1.82, 2.24) is 0 Å². The molecule has 0 heterocycles. The third-order valence-electron chi connectivity index (χ3n) is 2.26. The smallest absolute Gasteiger partial charge is 0.120 e. The molecule has 0 radical (unpaired) electrons. The summed E-state index contributed by atoms with van der Waals surface area (Å²) in [5.74, 6) is 0.797. The van der Waals surface area contributed by atoms with Crippen LogP contribution >= 0.6 is 0 Å². The van der Waals surface area contributed by atoms with Crippen LogP contribution in [0.3, 0.4) is 0 Å². The molecule has 96 valence electrons. The van der Waals surface area contributed by atoms with E-state index in [4.69, 9.17) is 15.6 Å². The summed E-state index contributed by atoms with van der Waals surface area (Å²) in [6, 6.07) is 4.60. The Hall–Kier alpha value is -1.26. The Kier molecular flexibility index (Phi) is 4.37. The second-order valence-electron chi connectivity index (χ2n) is 5.05. The van der Waals surface area contributed by atoms with Crippen LogP contribution in [0.2, 0.25) is 0 Å². The van der Waals surface area contributed by atoms with Crippen LogP contribution in [-0.4, -0.2) is 22.4 Å². The van der Waals surface area contributed by atoms with Crippen molar-refractivity contribution in [3.8, 4) is 11.5 Å². The van der Waals surface area contributed by atoms with Gasteiger partial charge in [-0.25, -0.2) is 0 Å². The maximum absolute atomic E-state index is 9.71. The van der Waals surface area contributed by atoms with Gasteiger partial charge in [0.05, 0.1) is 0 Å². The van der Waals surface area contributed by atoms with Crippen LogP contribution < -0.4 is 10.5 Å². The first-order valence-electron chi connectivity index (χ1n) is 5.72. The summed E-state index contributed by atoms with van der Waals surface area (Å²) in [5.41, 5.74) is 6.17. The number of nitrogens with two attached hydrogens (primary N) is 1. The lowest BCUT2D eigenvalue weighted by Crippen LogP contribution is -2.23. The monoisotopic (exact) mass is 239 g/mol. The van der Waals surface area contributed by atoms with Crippen molar-refractivity contribution in [2.45, 2.75) is 38.8 Å². The SMILES string of the molecule is CC(C)(C)Oc1ccc(O)c([C@H](N)CCO)c1. The molecule has 17 heavy (non-hydrogen) atoms. The van der Waals surface area contributed by atoms with E-state index in [1.165, 1.54) is 0 Å². The van der Waals surface area contributed by atoms with E-state index < -0.39 is 0 Å². The van der Waals surface area contributed by atoms with Crippen molar-refractivity contribution in [2.24, 2.45) is 5.73 Å². The van der Waals surface area contributed by atoms with Crippen LogP contribution in [0.4, 0.5) is 0 Å². The van der Waals surface area contributed by atoms with Gasteiger partial charge in [0.15, 0.2) is 0 Å². The van der Waals surface area contributed by atoms with Gasteiger partial charge in [-0.3, -0.25) is 0 Å². The van der Waals surface area contributed by atoms with Gasteiger partial charge in [-0.15, -0.1) is 0 Å². The molecule has 0 saturated heterocycles. The van der Waals surface area contributed by atoms with E-state index in [-0.39, 0.29) is 24.0 Å². The minimum Gasteiger partial charge on any atom is -0.508 e. The number of benzene rings is 1. The summed E-state index contributed by atoms with van der Waals surface area (Å²) in [6.45, 7) is 5.85. The molecule has 0 bridgehead atoms. The van der Waals surface area contributed by atoms with Crippen molar-refractivity contribution in [2.75, 3.05) is 6.61 Å². The van der Waals surface area contributed by atoms with E-state index in [1.54, 1.807) is 18.2 Å². The predicted octanol–water partition coefficient (Wildman–Crippen LogP) is 1.95. The number of ether oxygens (including phenoxy) is 1. The van der Waals surface area contributed by atoms with Gasteiger partial charge < -0.3 is 20.7 Å². The molecule has 0 saturated carbocycles. The van der Waals surface area contributed by atoms with E-state index in [1.807, 2.05) is 20.8 Å². The average Bonchev–Trinajstić information content (AvgIpc) is 2.19. The van der Waals surface area contributed by atoms with E-state index in [2.05, 4.69) is 0 Å². The second kappa shape index (κ2) is 5.38. The zero-order valence-electron chi connectivity index (χ0n) is 10.6. The van der Waals surface area contributed by atoms with E-state index in [0.717, 1.165) is 0 Å². The number of hydrogen-bond acceptors (Lipinski definition) is 4. The highest BCUT2D eigenvalue weighted by Crippen LogP contribution is 2.30. The topological polar surface area (TPSA) is 75.7 Å². The molecule has 1 atom stereocenters. The molecule has 0 amide bonds. The molecular formula is C13H21NO3. The van der Waals surface area contributed by atoms with Gasteiger partial charge in [-0.2, -0.15) is 0 Å². The Balaban J connectivity index is 2.94. The van der Waals surface area contributed by atoms with Crippen molar-refractivity contribution in [1.29, 1.82) is 0 Å². The fraction of sp³-hybridized carbons (Fsp3) is 0.538. The first kappa shape index (κ1) is 13.8. The molecule has 0 aliphatic carbocycles. The number of phenolic OH excluding ortho intramolecular Hbond substituents is 1. The van der Waals surface area contributed by atoms with Crippen LogP contribution in [0, 0.1) is 0 Å². The standard InChI is InChI=1S/C13H21NO3/c1-13(2,3)17-9-4-5-12(16)10(8-9)11(14)6-7-15/h4-5,8,11,15-16H,6-7,14H2,1-3H3/t11-/m1/s1. The Labute approximate surface area is 102 Å². The van der Waals surface area contributed by atoms with E-state index in [9.17, 15) is 5.11 Å². The molecule has 4 N–H and O–H groups in total. The van der Waals surface area contributed by atoms with Gasteiger partial charge in [0, 0.05) is 18.2 Å². The maximum Gasteiger partial charge on any atom is 0.120 e. The summed E-state index contributed by atoms with van der Waals surface area (Å²) < 4.78 is 5.70. The number of aromatic hydroxyl groups is 1. The second-order valence-corrected chi connectivity index (χ2v) is 5.05. The molecular weight excluding hydrogens is 218 g/mol. The lowest BCUT2D eigenvalue weighted by atomic mass is 10.0. The molecule has 0 fully saturated rings. The van der Waals surface area contributed by atoms with Crippen LogP contribution in [0.1, 0.15) is 38.8 Å². The van der Waals surface area contributed by atoms with Crippen molar-refractivity contribution < 1.29 is 14.9 Å². The molecule has 0 aliphatic heterocycles. The van der Waals surface area contributed by atoms with Gasteiger partial charge in [0.2, 0.25) is 0 Å². The Morgan fingerprint density at radius 2 is 2.00 bits per heavy atom. The summed E-state index contributed by atoms with van der Waals surface area (Å²) >= 11 is 0. The molecule has 0 aromatic heterocycles. The van der Waals surface area contributed by atoms with Crippen molar-refractivity contribution >= 4 is 0 Å². The van der Waals surface area contributed by atoms with Crippen molar-refractivity contribution in [3.05, 3.63) is 23.8 Å². The molecule has 4 heteroatoms. The molecule has 0 spiro atoms. The third-order valence-corrected chi connectivity index (χ3v) is 2.26. The highest BCUT2D eigenvalue weighted by atomic mass is 16.5. The molecule has 1 rings (SSSR count). The Morgan fingerprint density at radius 3 is 2.53 bits per heavy atom. The molecule has 0 unspecified atom stereocenters. The number of hydrogen-bond donors (Lipinski definition) is 3. The zero-order chi connectivity index (χ0) is 13.1. The normalized spacial score (nSPS) is 13.5. The van der Waals surface area contributed by atoms with E-state index in [0.29, 0.717) is 17.7 Å². The summed E-state index contributed by atoms with van der Waals surface area (Å²) in [4.78, 5) is 0. The maximum atomic E-state index is 9.71. The average molecular weight is 239 g/mol. The molecule has 1 aromatic rings. The van der Waals surface area contributed by atoms with Gasteiger partial charge in [0.1, 0.15) is 17.1 Å². The Morgan fingerprint density at radius 1 is 1.35 bits per heavy atom. The number of aliphatic hydroxyl groups is 1. The van der Waals surface area contributed by atoms with Gasteiger partial charge in [-0.05, 0) is 45.4 Å². The lowest BCUT2D eigenvalue weighted by Gasteiger charge is -2.22. The number of phenols is 1. The van der Waals surface area contributed by atoms with Gasteiger partial charge in [0.25, 0.3) is 0 Å². The van der Waals surface area contributed by atoms with Crippen LogP contribution in [-0.2, 0) is 0 Å². The highest BCUT2D eigenvalue weighted by molar-refractivity contribution is 5.41. The van der Waals surface area contributed by atoms with Crippen molar-refractivity contribution in [3.63, 3.8) is 0 Å². The quantitative estimate of drug-likeness (QED) is 0.750. The first-order chi connectivity index (χ1) is 7.83. The summed E-state index contributed by atoms with van der Waals surface area (Å²) in [6.07, 6.45) is 0.409. The van der Waals surface area contributed by atoms with Crippen LogP contribution in [0.5, 0.6) is 11.5 Å². The Bertz CT molecular complexity index is 371. The minimum absolute atomic E-state index is 0.00897. The minimum atomic E-state index is -0.386. The summed E-state index contributed by atoms with van der Waals surface area (Å²) in [5, 5.41) is 18.6.